The number of rotatable bonds is 4. The Morgan fingerprint density at radius 2 is 1.54 bits per heavy atom. The minimum Gasteiger partial charge on any atom is -0.504 e. The molecule has 0 radical (unpaired) electrons. The van der Waals surface area contributed by atoms with Gasteiger partial charge in [-0.25, -0.2) is 4.39 Å². The summed E-state index contributed by atoms with van der Waals surface area (Å²) in [6.07, 6.45) is 0.453. The van der Waals surface area contributed by atoms with Gasteiger partial charge < -0.3 is 15.5 Å². The van der Waals surface area contributed by atoms with Gasteiger partial charge in [-0.3, -0.25) is 0 Å². The molecule has 122 valence electrons. The van der Waals surface area contributed by atoms with Gasteiger partial charge in [0.05, 0.1) is 0 Å². The highest BCUT2D eigenvalue weighted by molar-refractivity contribution is 5.61. The number of phenols is 2. The number of phenolic OH excluding ortho intramolecular Hbond substituents is 2. The summed E-state index contributed by atoms with van der Waals surface area (Å²) in [6, 6.07) is 17.2. The molecule has 0 spiro atoms. The van der Waals surface area contributed by atoms with E-state index in [2.05, 4.69) is 5.32 Å². The summed E-state index contributed by atoms with van der Waals surface area (Å²) >= 11 is 0. The van der Waals surface area contributed by atoms with Gasteiger partial charge in [-0.1, -0.05) is 23.8 Å². The van der Waals surface area contributed by atoms with Crippen LogP contribution in [0.5, 0.6) is 11.5 Å². The van der Waals surface area contributed by atoms with Gasteiger partial charge in [0.1, 0.15) is 5.82 Å². The quantitative estimate of drug-likeness (QED) is 0.600. The molecule has 0 heterocycles. The summed E-state index contributed by atoms with van der Waals surface area (Å²) in [6.45, 7) is 2.01. The predicted molar refractivity (Wildman–Crippen MR) is 93.4 cm³/mol. The largest absolute Gasteiger partial charge is 0.504 e. The smallest absolute Gasteiger partial charge is 0.157 e. The van der Waals surface area contributed by atoms with E-state index in [0.29, 0.717) is 12.1 Å². The second-order valence-corrected chi connectivity index (χ2v) is 5.84. The van der Waals surface area contributed by atoms with Crippen LogP contribution in [0.2, 0.25) is 0 Å². The summed E-state index contributed by atoms with van der Waals surface area (Å²) in [5, 5.41) is 22.1. The zero-order valence-corrected chi connectivity index (χ0v) is 13.3. The Balaban J connectivity index is 1.82. The monoisotopic (exact) mass is 323 g/mol. The average molecular weight is 323 g/mol. The van der Waals surface area contributed by atoms with Crippen LogP contribution in [-0.4, -0.2) is 10.2 Å². The van der Waals surface area contributed by atoms with E-state index in [0.717, 1.165) is 22.4 Å². The zero-order valence-electron chi connectivity index (χ0n) is 13.3. The summed E-state index contributed by atoms with van der Waals surface area (Å²) in [4.78, 5) is 0. The molecule has 0 aliphatic heterocycles. The number of aryl methyl sites for hydroxylation is 1. The SMILES string of the molecule is Cc1ccc(Nc2cc(F)cc(Cc3ccc(O)c(O)c3)c2)cc1. The molecule has 3 nitrogen and oxygen atoms in total. The Labute approximate surface area is 140 Å². The van der Waals surface area contributed by atoms with Crippen molar-refractivity contribution in [3.05, 3.63) is 83.2 Å². The number of hydrogen-bond acceptors (Lipinski definition) is 3. The van der Waals surface area contributed by atoms with Gasteiger partial charge >= 0.3 is 0 Å². The standard InChI is InChI=1S/C20H18FNO2/c1-13-2-5-17(6-3-13)22-18-10-15(9-16(21)12-18)8-14-4-7-19(23)20(24)11-14/h2-7,9-12,22-24H,8H2,1H3. The van der Waals surface area contributed by atoms with Crippen LogP contribution in [0.1, 0.15) is 16.7 Å². The van der Waals surface area contributed by atoms with Crippen molar-refractivity contribution in [1.29, 1.82) is 0 Å². The van der Waals surface area contributed by atoms with E-state index >= 15 is 0 Å². The molecule has 24 heavy (non-hydrogen) atoms. The highest BCUT2D eigenvalue weighted by Gasteiger charge is 2.05. The number of halogens is 1. The van der Waals surface area contributed by atoms with Crippen molar-refractivity contribution < 1.29 is 14.6 Å². The molecule has 0 fully saturated rings. The normalized spacial score (nSPS) is 10.6. The second kappa shape index (κ2) is 6.62. The van der Waals surface area contributed by atoms with E-state index < -0.39 is 0 Å². The Morgan fingerprint density at radius 3 is 2.25 bits per heavy atom. The van der Waals surface area contributed by atoms with Crippen LogP contribution in [0.25, 0.3) is 0 Å². The third-order valence-electron chi connectivity index (χ3n) is 3.75. The highest BCUT2D eigenvalue weighted by atomic mass is 19.1. The molecular weight excluding hydrogens is 305 g/mol. The fourth-order valence-electron chi connectivity index (χ4n) is 2.54. The Bertz CT molecular complexity index is 860. The van der Waals surface area contributed by atoms with Gasteiger partial charge in [-0.2, -0.15) is 0 Å². The van der Waals surface area contributed by atoms with Crippen molar-refractivity contribution in [1.82, 2.24) is 0 Å². The van der Waals surface area contributed by atoms with Crippen LogP contribution in [0, 0.1) is 12.7 Å². The molecule has 0 bridgehead atoms. The molecule has 3 aromatic rings. The van der Waals surface area contributed by atoms with Crippen molar-refractivity contribution in [2.45, 2.75) is 13.3 Å². The van der Waals surface area contributed by atoms with Crippen molar-refractivity contribution >= 4 is 11.4 Å². The lowest BCUT2D eigenvalue weighted by Gasteiger charge is -2.10. The molecule has 3 rings (SSSR count). The lowest BCUT2D eigenvalue weighted by atomic mass is 10.0. The minimum absolute atomic E-state index is 0.167. The first kappa shape index (κ1) is 15.9. The molecule has 0 saturated carbocycles. The molecule has 0 atom stereocenters. The molecule has 3 aromatic carbocycles. The number of aromatic hydroxyl groups is 2. The first-order valence-electron chi connectivity index (χ1n) is 7.63. The number of benzene rings is 3. The van der Waals surface area contributed by atoms with Gasteiger partial charge in [-0.05, 0) is 66.9 Å². The average Bonchev–Trinajstić information content (AvgIpc) is 2.53. The molecule has 0 unspecified atom stereocenters. The number of anilines is 2. The molecule has 4 heteroatoms. The van der Waals surface area contributed by atoms with Gasteiger partial charge in [0, 0.05) is 11.4 Å². The molecule has 0 aliphatic rings. The minimum atomic E-state index is -0.329. The fourth-order valence-corrected chi connectivity index (χ4v) is 2.54. The van der Waals surface area contributed by atoms with Crippen LogP contribution < -0.4 is 5.32 Å². The van der Waals surface area contributed by atoms with Crippen molar-refractivity contribution in [3.8, 4) is 11.5 Å². The number of hydrogen-bond donors (Lipinski definition) is 3. The van der Waals surface area contributed by atoms with Gasteiger partial charge in [0.25, 0.3) is 0 Å². The molecule has 3 N–H and O–H groups in total. The molecule has 0 amide bonds. The van der Waals surface area contributed by atoms with Crippen LogP contribution in [0.3, 0.4) is 0 Å². The molecule has 0 aromatic heterocycles. The summed E-state index contributed by atoms with van der Waals surface area (Å²) in [7, 11) is 0. The van der Waals surface area contributed by atoms with E-state index in [4.69, 9.17) is 0 Å². The third kappa shape index (κ3) is 3.84. The summed E-state index contributed by atoms with van der Waals surface area (Å²) < 4.78 is 13.9. The maximum atomic E-state index is 13.9. The Kier molecular flexibility index (Phi) is 4.38. The van der Waals surface area contributed by atoms with Gasteiger partial charge in [-0.15, -0.1) is 0 Å². The van der Waals surface area contributed by atoms with E-state index in [1.807, 2.05) is 37.3 Å². The maximum Gasteiger partial charge on any atom is 0.157 e. The topological polar surface area (TPSA) is 52.5 Å². The third-order valence-corrected chi connectivity index (χ3v) is 3.75. The van der Waals surface area contributed by atoms with E-state index in [1.54, 1.807) is 6.07 Å². The summed E-state index contributed by atoms with van der Waals surface area (Å²) in [5.41, 5.74) is 4.27. The first-order valence-corrected chi connectivity index (χ1v) is 7.63. The summed E-state index contributed by atoms with van der Waals surface area (Å²) in [5.74, 6) is -0.674. The molecule has 0 aliphatic carbocycles. The molecular formula is C20H18FNO2. The Hall–Kier alpha value is -3.01. The van der Waals surface area contributed by atoms with Gasteiger partial charge in [0.2, 0.25) is 0 Å². The second-order valence-electron chi connectivity index (χ2n) is 5.84. The van der Waals surface area contributed by atoms with Crippen LogP contribution >= 0.6 is 0 Å². The maximum absolute atomic E-state index is 13.9. The lowest BCUT2D eigenvalue weighted by Crippen LogP contribution is -1.95. The van der Waals surface area contributed by atoms with E-state index in [1.165, 1.54) is 24.3 Å². The highest BCUT2D eigenvalue weighted by Crippen LogP contribution is 2.27. The van der Waals surface area contributed by atoms with E-state index in [-0.39, 0.29) is 17.3 Å². The first-order chi connectivity index (χ1) is 11.5. The molecule has 0 saturated heterocycles. The zero-order chi connectivity index (χ0) is 17.1. The predicted octanol–water partition coefficient (Wildman–Crippen LogP) is 4.88. The van der Waals surface area contributed by atoms with Gasteiger partial charge in [0.15, 0.2) is 11.5 Å². The van der Waals surface area contributed by atoms with Crippen molar-refractivity contribution in [3.63, 3.8) is 0 Å². The lowest BCUT2D eigenvalue weighted by molar-refractivity contribution is 0.403. The van der Waals surface area contributed by atoms with E-state index in [9.17, 15) is 14.6 Å². The number of nitrogens with one attached hydrogen (secondary N) is 1. The fraction of sp³-hybridized carbons (Fsp3) is 0.100. The van der Waals surface area contributed by atoms with Crippen LogP contribution in [-0.2, 0) is 6.42 Å². The Morgan fingerprint density at radius 1 is 0.792 bits per heavy atom. The van der Waals surface area contributed by atoms with Crippen LogP contribution in [0.4, 0.5) is 15.8 Å². The van der Waals surface area contributed by atoms with Crippen molar-refractivity contribution in [2.75, 3.05) is 5.32 Å². The van der Waals surface area contributed by atoms with Crippen LogP contribution in [0.15, 0.2) is 60.7 Å². The van der Waals surface area contributed by atoms with Crippen molar-refractivity contribution in [2.24, 2.45) is 0 Å².